The van der Waals surface area contributed by atoms with Gasteiger partial charge in [0.15, 0.2) is 5.65 Å². The lowest BCUT2D eigenvalue weighted by atomic mass is 9.97. The number of rotatable bonds is 4. The Bertz CT molecular complexity index is 1480. The molecule has 0 saturated carbocycles. The summed E-state index contributed by atoms with van der Waals surface area (Å²) in [6, 6.07) is 18.3. The van der Waals surface area contributed by atoms with Gasteiger partial charge in [-0.05, 0) is 36.6 Å². The summed E-state index contributed by atoms with van der Waals surface area (Å²) in [5.74, 6) is 0.842. The van der Waals surface area contributed by atoms with E-state index in [9.17, 15) is 4.39 Å². The van der Waals surface area contributed by atoms with Crippen molar-refractivity contribution >= 4 is 22.8 Å². The van der Waals surface area contributed by atoms with Crippen LogP contribution in [0.3, 0.4) is 0 Å². The second-order valence-electron chi connectivity index (χ2n) is 9.62. The van der Waals surface area contributed by atoms with Crippen LogP contribution in [0.5, 0.6) is 0 Å². The number of pyridine rings is 1. The predicted molar refractivity (Wildman–Crippen MR) is 135 cm³/mol. The van der Waals surface area contributed by atoms with Gasteiger partial charge in [-0.1, -0.05) is 68.8 Å². The normalized spacial score (nSPS) is 11.9. The Morgan fingerprint density at radius 1 is 0.941 bits per heavy atom. The molecule has 2 aromatic carbocycles. The van der Waals surface area contributed by atoms with Crippen LogP contribution in [-0.4, -0.2) is 24.5 Å². The number of aryl methyl sites for hydroxylation is 1. The van der Waals surface area contributed by atoms with Crippen molar-refractivity contribution in [3.8, 4) is 34.0 Å². The Morgan fingerprint density at radius 2 is 1.71 bits per heavy atom. The number of nitrogens with zero attached hydrogens (tertiary/aromatic N) is 4. The molecule has 7 heteroatoms. The van der Waals surface area contributed by atoms with E-state index in [-0.39, 0.29) is 11.0 Å². The van der Waals surface area contributed by atoms with Crippen LogP contribution in [0.1, 0.15) is 26.6 Å². The summed E-state index contributed by atoms with van der Waals surface area (Å²) < 4.78 is 16.9. The van der Waals surface area contributed by atoms with E-state index < -0.39 is 5.82 Å². The maximum Gasteiger partial charge on any atom is 0.160 e. The third-order valence-electron chi connectivity index (χ3n) is 5.62. The van der Waals surface area contributed by atoms with Gasteiger partial charge in [-0.2, -0.15) is 0 Å². The molecule has 0 unspecified atom stereocenters. The van der Waals surface area contributed by atoms with Gasteiger partial charge in [0, 0.05) is 12.1 Å². The predicted octanol–water partition coefficient (Wildman–Crippen LogP) is 7.30. The zero-order valence-electron chi connectivity index (χ0n) is 19.5. The van der Waals surface area contributed by atoms with Crippen LogP contribution in [0.2, 0.25) is 5.02 Å². The van der Waals surface area contributed by atoms with Crippen molar-refractivity contribution < 1.29 is 4.39 Å². The van der Waals surface area contributed by atoms with E-state index in [4.69, 9.17) is 26.6 Å². The molecule has 0 aliphatic rings. The lowest BCUT2D eigenvalue weighted by Gasteiger charge is -2.20. The molecule has 3 heterocycles. The van der Waals surface area contributed by atoms with E-state index in [2.05, 4.69) is 30.3 Å². The summed E-state index contributed by atoms with van der Waals surface area (Å²) >= 11 is 6.35. The minimum Gasteiger partial charge on any atom is -0.336 e. The van der Waals surface area contributed by atoms with Gasteiger partial charge < -0.3 is 9.55 Å². The highest BCUT2D eigenvalue weighted by Crippen LogP contribution is 2.36. The van der Waals surface area contributed by atoms with Crippen LogP contribution in [-0.2, 0) is 6.54 Å². The molecule has 3 aromatic heterocycles. The number of imidazole rings is 2. The smallest absolute Gasteiger partial charge is 0.160 e. The van der Waals surface area contributed by atoms with Crippen molar-refractivity contribution in [2.75, 3.05) is 0 Å². The zero-order valence-corrected chi connectivity index (χ0v) is 20.3. The van der Waals surface area contributed by atoms with Crippen LogP contribution < -0.4 is 0 Å². The minimum atomic E-state index is -0.435. The van der Waals surface area contributed by atoms with Crippen LogP contribution in [0.4, 0.5) is 4.39 Å². The number of nitrogens with one attached hydrogen (secondary N) is 1. The maximum atomic E-state index is 14.7. The fourth-order valence-electron chi connectivity index (χ4n) is 4.12. The largest absolute Gasteiger partial charge is 0.336 e. The van der Waals surface area contributed by atoms with Gasteiger partial charge in [0.05, 0.1) is 27.7 Å². The van der Waals surface area contributed by atoms with Crippen molar-refractivity contribution in [3.63, 3.8) is 0 Å². The SMILES string of the molecule is Cc1nc2ccc(-c3[nH]c(-c4c(F)cccc4Cl)nc3-c3ccccc3)nc2n1CC(C)(C)C. The van der Waals surface area contributed by atoms with E-state index in [1.807, 2.05) is 49.4 Å². The molecule has 0 radical (unpaired) electrons. The third kappa shape index (κ3) is 4.10. The number of hydrogen-bond donors (Lipinski definition) is 1. The second kappa shape index (κ2) is 8.37. The molecule has 5 nitrogen and oxygen atoms in total. The highest BCUT2D eigenvalue weighted by molar-refractivity contribution is 6.33. The van der Waals surface area contributed by atoms with E-state index in [0.29, 0.717) is 27.9 Å². The molecule has 0 saturated heterocycles. The highest BCUT2D eigenvalue weighted by atomic mass is 35.5. The summed E-state index contributed by atoms with van der Waals surface area (Å²) in [5, 5.41) is 0.294. The van der Waals surface area contributed by atoms with E-state index in [1.54, 1.807) is 12.1 Å². The molecular formula is C27H25ClFN5. The third-order valence-corrected chi connectivity index (χ3v) is 5.94. The molecule has 0 aliphatic carbocycles. The number of aromatic nitrogens is 5. The van der Waals surface area contributed by atoms with Gasteiger partial charge in [-0.25, -0.2) is 19.3 Å². The van der Waals surface area contributed by atoms with Crippen LogP contribution >= 0.6 is 11.6 Å². The standard InChI is InChI=1S/C27H25ClFN5/c1-16-30-21-14-13-20(31-26(21)34(16)15-27(2,3)4)24-23(17-9-6-5-7-10-17)32-25(33-24)22-18(28)11-8-12-19(22)29/h5-14H,15H2,1-4H3,(H,32,33). The summed E-state index contributed by atoms with van der Waals surface area (Å²) in [6.07, 6.45) is 0. The fourth-order valence-corrected chi connectivity index (χ4v) is 4.38. The Morgan fingerprint density at radius 3 is 2.41 bits per heavy atom. The summed E-state index contributed by atoms with van der Waals surface area (Å²) in [6.45, 7) is 9.35. The van der Waals surface area contributed by atoms with Crippen molar-refractivity contribution in [2.24, 2.45) is 5.41 Å². The van der Waals surface area contributed by atoms with Gasteiger partial charge in [-0.15, -0.1) is 0 Å². The van der Waals surface area contributed by atoms with E-state index in [0.717, 1.165) is 29.1 Å². The average Bonchev–Trinajstić information content (AvgIpc) is 3.35. The summed E-state index contributed by atoms with van der Waals surface area (Å²) in [4.78, 5) is 17.8. The van der Waals surface area contributed by atoms with Gasteiger partial charge in [0.2, 0.25) is 0 Å². The molecule has 34 heavy (non-hydrogen) atoms. The molecule has 5 rings (SSSR count). The quantitative estimate of drug-likeness (QED) is 0.298. The monoisotopic (exact) mass is 473 g/mol. The number of aromatic amines is 1. The number of fused-ring (bicyclic) bond motifs is 1. The number of H-pyrrole nitrogens is 1. The van der Waals surface area contributed by atoms with E-state index >= 15 is 0 Å². The molecule has 0 bridgehead atoms. The maximum absolute atomic E-state index is 14.7. The lowest BCUT2D eigenvalue weighted by Crippen LogP contribution is -2.16. The van der Waals surface area contributed by atoms with Gasteiger partial charge in [-0.3, -0.25) is 0 Å². The zero-order chi connectivity index (χ0) is 24.0. The summed E-state index contributed by atoms with van der Waals surface area (Å²) in [5.41, 5.74) is 4.92. The fraction of sp³-hybridized carbons (Fsp3) is 0.222. The molecule has 0 amide bonds. The first-order valence-corrected chi connectivity index (χ1v) is 11.5. The molecule has 0 atom stereocenters. The average molecular weight is 474 g/mol. The van der Waals surface area contributed by atoms with Crippen LogP contribution in [0.15, 0.2) is 60.7 Å². The topological polar surface area (TPSA) is 59.4 Å². The molecule has 0 aliphatic heterocycles. The number of halogens is 2. The first-order chi connectivity index (χ1) is 16.2. The molecule has 0 fully saturated rings. The van der Waals surface area contributed by atoms with Gasteiger partial charge >= 0.3 is 0 Å². The molecule has 1 N–H and O–H groups in total. The first-order valence-electron chi connectivity index (χ1n) is 11.2. The Hall–Kier alpha value is -3.51. The molecular weight excluding hydrogens is 449 g/mol. The molecule has 172 valence electrons. The van der Waals surface area contributed by atoms with Crippen molar-refractivity contribution in [1.82, 2.24) is 24.5 Å². The van der Waals surface area contributed by atoms with Gasteiger partial charge in [0.25, 0.3) is 0 Å². The number of hydrogen-bond acceptors (Lipinski definition) is 3. The summed E-state index contributed by atoms with van der Waals surface area (Å²) in [7, 11) is 0. The van der Waals surface area contributed by atoms with Gasteiger partial charge in [0.1, 0.15) is 23.0 Å². The Labute approximate surface area is 202 Å². The van der Waals surface area contributed by atoms with Crippen molar-refractivity contribution in [1.29, 1.82) is 0 Å². The Balaban J connectivity index is 1.73. The van der Waals surface area contributed by atoms with Crippen LogP contribution in [0.25, 0.3) is 45.2 Å². The highest BCUT2D eigenvalue weighted by Gasteiger charge is 2.22. The minimum absolute atomic E-state index is 0.0635. The van der Waals surface area contributed by atoms with Crippen molar-refractivity contribution in [2.45, 2.75) is 34.2 Å². The first kappa shape index (κ1) is 22.3. The second-order valence-corrected chi connectivity index (χ2v) is 10.0. The van der Waals surface area contributed by atoms with Crippen molar-refractivity contribution in [3.05, 3.63) is 77.3 Å². The number of benzene rings is 2. The molecule has 0 spiro atoms. The van der Waals surface area contributed by atoms with Crippen LogP contribution in [0, 0.1) is 18.2 Å². The molecule has 5 aromatic rings. The Kier molecular flexibility index (Phi) is 5.48. The lowest BCUT2D eigenvalue weighted by molar-refractivity contribution is 0.344. The van der Waals surface area contributed by atoms with E-state index in [1.165, 1.54) is 6.07 Å².